The van der Waals surface area contributed by atoms with E-state index in [9.17, 15) is 4.57 Å². The molecule has 0 spiro atoms. The maximum absolute atomic E-state index is 11.0. The summed E-state index contributed by atoms with van der Waals surface area (Å²) in [6.07, 6.45) is 0.879. The summed E-state index contributed by atoms with van der Waals surface area (Å²) in [5, 5.41) is 0. The minimum Gasteiger partial charge on any atom is -0.298 e. The van der Waals surface area contributed by atoms with Gasteiger partial charge < -0.3 is 0 Å². The van der Waals surface area contributed by atoms with Gasteiger partial charge in [0.2, 0.25) is 0 Å². The average molecular weight is 250 g/mol. The van der Waals surface area contributed by atoms with Gasteiger partial charge in [-0.05, 0) is 41.0 Å². The largest absolute Gasteiger partial charge is 0.697 e. The molecule has 0 fully saturated rings. The molecule has 0 saturated heterocycles. The minimum atomic E-state index is -1.91. The molecular formula is C11H25NO3P+. The van der Waals surface area contributed by atoms with Crippen LogP contribution in [0.25, 0.3) is 0 Å². The Morgan fingerprint density at radius 3 is 2.12 bits per heavy atom. The topological polar surface area (TPSA) is 38.8 Å². The fourth-order valence-electron chi connectivity index (χ4n) is 1.64. The highest BCUT2D eigenvalue weighted by Gasteiger charge is 2.19. The van der Waals surface area contributed by atoms with Crippen LogP contribution >= 0.6 is 8.25 Å². The average Bonchev–Trinajstić information content (AvgIpc) is 2.16. The van der Waals surface area contributed by atoms with Crippen LogP contribution in [0.15, 0.2) is 0 Å². The van der Waals surface area contributed by atoms with E-state index in [4.69, 9.17) is 9.05 Å². The third kappa shape index (κ3) is 7.29. The van der Waals surface area contributed by atoms with Gasteiger partial charge in [0, 0.05) is 23.2 Å². The zero-order valence-electron chi connectivity index (χ0n) is 11.1. The molecule has 0 heterocycles. The first kappa shape index (κ1) is 16.0. The van der Waals surface area contributed by atoms with Crippen molar-refractivity contribution in [3.8, 4) is 0 Å². The van der Waals surface area contributed by atoms with Crippen LogP contribution in [0, 0.1) is 0 Å². The van der Waals surface area contributed by atoms with Gasteiger partial charge in [0.25, 0.3) is 0 Å². The molecule has 0 aromatic carbocycles. The van der Waals surface area contributed by atoms with E-state index >= 15 is 0 Å². The smallest absolute Gasteiger partial charge is 0.298 e. The molecule has 5 heteroatoms. The first-order valence-electron chi connectivity index (χ1n) is 5.97. The van der Waals surface area contributed by atoms with Crippen molar-refractivity contribution in [2.75, 3.05) is 19.8 Å². The molecule has 0 bridgehead atoms. The summed E-state index contributed by atoms with van der Waals surface area (Å²) in [4.78, 5) is 2.39. The molecule has 0 radical (unpaired) electrons. The Balaban J connectivity index is 3.67. The molecule has 96 valence electrons. The molecule has 4 nitrogen and oxygen atoms in total. The predicted molar refractivity (Wildman–Crippen MR) is 66.8 cm³/mol. The monoisotopic (exact) mass is 250 g/mol. The number of hydrogen-bond donors (Lipinski definition) is 0. The Bertz CT molecular complexity index is 190. The van der Waals surface area contributed by atoms with Gasteiger partial charge in [0.1, 0.15) is 13.2 Å². The van der Waals surface area contributed by atoms with Crippen LogP contribution in [0.4, 0.5) is 0 Å². The highest BCUT2D eigenvalue weighted by atomic mass is 31.1. The molecular weight excluding hydrogens is 225 g/mol. The van der Waals surface area contributed by atoms with Crippen molar-refractivity contribution < 1.29 is 13.6 Å². The third-order valence-corrected chi connectivity index (χ3v) is 3.18. The summed E-state index contributed by atoms with van der Waals surface area (Å²) in [6.45, 7) is 12.4. The van der Waals surface area contributed by atoms with E-state index in [1.165, 1.54) is 0 Å². The Morgan fingerprint density at radius 2 is 1.69 bits per heavy atom. The van der Waals surface area contributed by atoms with E-state index in [1.807, 2.05) is 0 Å². The van der Waals surface area contributed by atoms with Crippen molar-refractivity contribution in [3.05, 3.63) is 0 Å². The van der Waals surface area contributed by atoms with E-state index in [1.54, 1.807) is 6.92 Å². The fraction of sp³-hybridized carbons (Fsp3) is 1.00. The van der Waals surface area contributed by atoms with Gasteiger partial charge in [-0.1, -0.05) is 0 Å². The van der Waals surface area contributed by atoms with Gasteiger partial charge in [0.05, 0.1) is 0 Å². The van der Waals surface area contributed by atoms with Crippen LogP contribution in [0.2, 0.25) is 0 Å². The lowest BCUT2D eigenvalue weighted by Crippen LogP contribution is -2.38. The van der Waals surface area contributed by atoms with Crippen LogP contribution in [0.3, 0.4) is 0 Å². The Labute approximate surface area is 100 Å². The van der Waals surface area contributed by atoms with Gasteiger partial charge in [-0.15, -0.1) is 9.05 Å². The molecule has 0 saturated carbocycles. The summed E-state index contributed by atoms with van der Waals surface area (Å²) in [5.41, 5.74) is 0. The van der Waals surface area contributed by atoms with Gasteiger partial charge in [-0.25, -0.2) is 0 Å². The lowest BCUT2D eigenvalue weighted by molar-refractivity contribution is 0.155. The zero-order chi connectivity index (χ0) is 12.6. The molecule has 0 amide bonds. The molecule has 0 aromatic heterocycles. The quantitative estimate of drug-likeness (QED) is 0.465. The van der Waals surface area contributed by atoms with Crippen LogP contribution in [-0.4, -0.2) is 36.7 Å². The maximum atomic E-state index is 11.0. The highest BCUT2D eigenvalue weighted by molar-refractivity contribution is 7.33. The summed E-state index contributed by atoms with van der Waals surface area (Å²) in [7, 11) is -1.91. The molecule has 1 atom stereocenters. The summed E-state index contributed by atoms with van der Waals surface area (Å²) >= 11 is 0. The van der Waals surface area contributed by atoms with Crippen molar-refractivity contribution in [3.63, 3.8) is 0 Å². The lowest BCUT2D eigenvalue weighted by atomic mass is 10.2. The molecule has 0 aromatic rings. The molecule has 0 aliphatic carbocycles. The van der Waals surface area contributed by atoms with E-state index in [0.29, 0.717) is 25.3 Å². The zero-order valence-corrected chi connectivity index (χ0v) is 12.0. The second-order valence-corrected chi connectivity index (χ2v) is 5.22. The fourth-order valence-corrected chi connectivity index (χ4v) is 2.21. The first-order chi connectivity index (χ1) is 7.49. The van der Waals surface area contributed by atoms with Crippen LogP contribution in [0.1, 0.15) is 41.0 Å². The molecule has 0 aliphatic heterocycles. The second-order valence-electron chi connectivity index (χ2n) is 4.25. The second kappa shape index (κ2) is 9.06. The van der Waals surface area contributed by atoms with Crippen molar-refractivity contribution in [1.29, 1.82) is 0 Å². The van der Waals surface area contributed by atoms with Crippen molar-refractivity contribution >= 4 is 8.25 Å². The predicted octanol–water partition coefficient (Wildman–Crippen LogP) is 3.21. The normalized spacial score (nSPS) is 12.9. The molecule has 0 N–H and O–H groups in total. The van der Waals surface area contributed by atoms with Crippen molar-refractivity contribution in [1.82, 2.24) is 4.90 Å². The summed E-state index contributed by atoms with van der Waals surface area (Å²) in [5.74, 6) is 0. The third-order valence-electron chi connectivity index (χ3n) is 2.32. The van der Waals surface area contributed by atoms with Gasteiger partial charge in [-0.2, -0.15) is 0 Å². The van der Waals surface area contributed by atoms with Crippen LogP contribution in [-0.2, 0) is 13.6 Å². The van der Waals surface area contributed by atoms with Gasteiger partial charge in [0.15, 0.2) is 0 Å². The Morgan fingerprint density at radius 1 is 1.12 bits per heavy atom. The Hall–Kier alpha value is -0.0200. The number of nitrogens with zero attached hydrogens (tertiary/aromatic N) is 1. The van der Waals surface area contributed by atoms with Crippen molar-refractivity contribution in [2.45, 2.75) is 53.1 Å². The molecule has 0 aliphatic rings. The van der Waals surface area contributed by atoms with Gasteiger partial charge in [-0.3, -0.25) is 4.90 Å². The van der Waals surface area contributed by atoms with Crippen molar-refractivity contribution in [2.24, 2.45) is 0 Å². The van der Waals surface area contributed by atoms with Crippen LogP contribution in [0.5, 0.6) is 0 Å². The van der Waals surface area contributed by atoms with E-state index in [2.05, 4.69) is 32.6 Å². The van der Waals surface area contributed by atoms with E-state index in [0.717, 1.165) is 13.0 Å². The molecule has 1 unspecified atom stereocenters. The first-order valence-corrected chi connectivity index (χ1v) is 7.07. The van der Waals surface area contributed by atoms with Gasteiger partial charge >= 0.3 is 8.25 Å². The summed E-state index contributed by atoms with van der Waals surface area (Å²) < 4.78 is 20.9. The van der Waals surface area contributed by atoms with E-state index in [-0.39, 0.29) is 0 Å². The van der Waals surface area contributed by atoms with Crippen LogP contribution < -0.4 is 0 Å². The maximum Gasteiger partial charge on any atom is 0.697 e. The number of rotatable bonds is 9. The minimum absolute atomic E-state index is 0.430. The highest BCUT2D eigenvalue weighted by Crippen LogP contribution is 2.23. The molecule has 0 rings (SSSR count). The standard InChI is InChI=1S/C11H25NO3P/c1-6-14-16(13)15-9-7-8-12(10(2)3)11(4)5/h10-11H,6-9H2,1-5H3/q+1. The number of hydrogen-bond acceptors (Lipinski definition) is 4. The van der Waals surface area contributed by atoms with E-state index < -0.39 is 8.25 Å². The SMILES string of the molecule is CCO[P+](=O)OCCCN(C(C)C)C(C)C. The summed E-state index contributed by atoms with van der Waals surface area (Å²) in [6, 6.07) is 1.06. The Kier molecular flexibility index (Phi) is 9.04. The molecule has 16 heavy (non-hydrogen) atoms. The lowest BCUT2D eigenvalue weighted by Gasteiger charge is -2.30.